The third kappa shape index (κ3) is 2.94. The van der Waals surface area contributed by atoms with Crippen LogP contribution in [0.1, 0.15) is 29.1 Å². The Morgan fingerprint density at radius 1 is 1.47 bits per heavy atom. The first-order valence-corrected chi connectivity index (χ1v) is 5.92. The van der Waals surface area contributed by atoms with Gasteiger partial charge in [-0.15, -0.1) is 0 Å². The Hall–Kier alpha value is -1.62. The number of aromatic nitrogens is 1. The Kier molecular flexibility index (Phi) is 3.58. The van der Waals surface area contributed by atoms with Crippen molar-refractivity contribution in [2.75, 3.05) is 0 Å². The van der Waals surface area contributed by atoms with Crippen LogP contribution in [-0.2, 0) is 0 Å². The van der Waals surface area contributed by atoms with Gasteiger partial charge in [-0.25, -0.2) is 4.98 Å². The van der Waals surface area contributed by atoms with Gasteiger partial charge in [0.05, 0.1) is 17.9 Å². The largest absolute Gasteiger partial charge is 0.467 e. The Labute approximate surface area is 107 Å². The molecular formula is C12H11BrN2O2. The predicted octanol–water partition coefficient (Wildman–Crippen LogP) is 2.93. The van der Waals surface area contributed by atoms with Crippen molar-refractivity contribution >= 4 is 21.8 Å². The van der Waals surface area contributed by atoms with Crippen LogP contribution < -0.4 is 5.32 Å². The van der Waals surface area contributed by atoms with Gasteiger partial charge in [-0.3, -0.25) is 4.79 Å². The lowest BCUT2D eigenvalue weighted by Gasteiger charge is -2.11. The molecule has 0 aliphatic carbocycles. The molecule has 5 heteroatoms. The van der Waals surface area contributed by atoms with Gasteiger partial charge in [0.15, 0.2) is 0 Å². The van der Waals surface area contributed by atoms with E-state index in [0.29, 0.717) is 10.2 Å². The number of furan rings is 1. The zero-order valence-electron chi connectivity index (χ0n) is 9.18. The Balaban J connectivity index is 2.04. The molecule has 0 saturated heterocycles. The second kappa shape index (κ2) is 5.14. The van der Waals surface area contributed by atoms with Crippen LogP contribution in [0.3, 0.4) is 0 Å². The van der Waals surface area contributed by atoms with Crippen molar-refractivity contribution < 1.29 is 9.21 Å². The third-order valence-corrected chi connectivity index (χ3v) is 2.78. The molecule has 2 aromatic heterocycles. The van der Waals surface area contributed by atoms with Gasteiger partial charge in [0.2, 0.25) is 0 Å². The van der Waals surface area contributed by atoms with Crippen LogP contribution >= 0.6 is 15.9 Å². The molecule has 88 valence electrons. The second-order valence-electron chi connectivity index (χ2n) is 3.58. The number of pyridine rings is 1. The van der Waals surface area contributed by atoms with Gasteiger partial charge in [-0.2, -0.15) is 0 Å². The maximum atomic E-state index is 11.9. The number of carbonyl (C=O) groups is 1. The van der Waals surface area contributed by atoms with Crippen LogP contribution in [0, 0.1) is 0 Å². The summed E-state index contributed by atoms with van der Waals surface area (Å²) in [5.74, 6) is 0.553. The van der Waals surface area contributed by atoms with Crippen molar-refractivity contribution in [1.82, 2.24) is 10.3 Å². The van der Waals surface area contributed by atoms with E-state index in [1.165, 1.54) is 6.20 Å². The summed E-state index contributed by atoms with van der Waals surface area (Å²) in [5.41, 5.74) is 0.520. The number of amides is 1. The van der Waals surface area contributed by atoms with Gasteiger partial charge in [0, 0.05) is 6.20 Å². The van der Waals surface area contributed by atoms with Crippen LogP contribution in [0.5, 0.6) is 0 Å². The maximum Gasteiger partial charge on any atom is 0.253 e. The van der Waals surface area contributed by atoms with Crippen LogP contribution in [-0.4, -0.2) is 10.9 Å². The summed E-state index contributed by atoms with van der Waals surface area (Å²) in [6.07, 6.45) is 3.10. The summed E-state index contributed by atoms with van der Waals surface area (Å²) in [6, 6.07) is 6.89. The topological polar surface area (TPSA) is 55.1 Å². The lowest BCUT2D eigenvalue weighted by Crippen LogP contribution is -2.26. The van der Waals surface area contributed by atoms with Crippen molar-refractivity contribution in [3.8, 4) is 0 Å². The Bertz CT molecular complexity index is 494. The van der Waals surface area contributed by atoms with Gasteiger partial charge in [-0.05, 0) is 47.1 Å². The van der Waals surface area contributed by atoms with Crippen LogP contribution in [0.15, 0.2) is 45.7 Å². The molecule has 1 atom stereocenters. The van der Waals surface area contributed by atoms with Crippen LogP contribution in [0.25, 0.3) is 0 Å². The summed E-state index contributed by atoms with van der Waals surface area (Å²) in [5, 5.41) is 2.83. The number of nitrogens with zero attached hydrogens (tertiary/aromatic N) is 1. The van der Waals surface area contributed by atoms with Crippen LogP contribution in [0.4, 0.5) is 0 Å². The molecule has 0 fully saturated rings. The molecule has 4 nitrogen and oxygen atoms in total. The van der Waals surface area contributed by atoms with Gasteiger partial charge >= 0.3 is 0 Å². The molecule has 2 heterocycles. The van der Waals surface area contributed by atoms with Gasteiger partial charge in [0.1, 0.15) is 10.4 Å². The molecule has 0 radical (unpaired) electrons. The molecule has 1 unspecified atom stereocenters. The minimum Gasteiger partial charge on any atom is -0.467 e. The lowest BCUT2D eigenvalue weighted by atomic mass is 10.2. The van der Waals surface area contributed by atoms with E-state index in [4.69, 9.17) is 4.42 Å². The average molecular weight is 295 g/mol. The highest BCUT2D eigenvalue weighted by Crippen LogP contribution is 2.13. The molecule has 0 aromatic carbocycles. The number of hydrogen-bond acceptors (Lipinski definition) is 3. The van der Waals surface area contributed by atoms with E-state index < -0.39 is 0 Å². The molecule has 0 saturated carbocycles. The Morgan fingerprint density at radius 2 is 2.29 bits per heavy atom. The van der Waals surface area contributed by atoms with Gasteiger partial charge in [0.25, 0.3) is 5.91 Å². The van der Waals surface area contributed by atoms with Crippen molar-refractivity contribution in [2.24, 2.45) is 0 Å². The zero-order chi connectivity index (χ0) is 12.3. The van der Waals surface area contributed by atoms with E-state index in [9.17, 15) is 4.79 Å². The van der Waals surface area contributed by atoms with Gasteiger partial charge < -0.3 is 9.73 Å². The van der Waals surface area contributed by atoms with E-state index in [0.717, 1.165) is 5.76 Å². The van der Waals surface area contributed by atoms with Crippen molar-refractivity contribution in [3.63, 3.8) is 0 Å². The smallest absolute Gasteiger partial charge is 0.253 e. The minimum absolute atomic E-state index is 0.166. The molecule has 17 heavy (non-hydrogen) atoms. The Morgan fingerprint density at radius 3 is 2.88 bits per heavy atom. The molecular weight excluding hydrogens is 284 g/mol. The zero-order valence-corrected chi connectivity index (χ0v) is 10.8. The van der Waals surface area contributed by atoms with Gasteiger partial charge in [-0.1, -0.05) is 0 Å². The summed E-state index contributed by atoms with van der Waals surface area (Å²) in [4.78, 5) is 15.9. The summed E-state index contributed by atoms with van der Waals surface area (Å²) in [7, 11) is 0. The van der Waals surface area contributed by atoms with E-state index in [1.54, 1.807) is 24.5 Å². The highest BCUT2D eigenvalue weighted by Gasteiger charge is 2.13. The number of nitrogens with one attached hydrogen (secondary N) is 1. The summed E-state index contributed by atoms with van der Waals surface area (Å²) < 4.78 is 5.92. The second-order valence-corrected chi connectivity index (χ2v) is 4.39. The first-order valence-electron chi connectivity index (χ1n) is 5.12. The fourth-order valence-corrected chi connectivity index (χ4v) is 1.63. The van der Waals surface area contributed by atoms with E-state index in [1.807, 2.05) is 13.0 Å². The number of hydrogen-bond donors (Lipinski definition) is 1. The molecule has 0 spiro atoms. The molecule has 2 rings (SSSR count). The monoisotopic (exact) mass is 294 g/mol. The van der Waals surface area contributed by atoms with E-state index in [2.05, 4.69) is 26.2 Å². The molecule has 1 amide bonds. The SMILES string of the molecule is CC(NC(=O)c1ccc(Br)nc1)c1ccco1. The molecule has 1 N–H and O–H groups in total. The maximum absolute atomic E-state index is 11.9. The highest BCUT2D eigenvalue weighted by molar-refractivity contribution is 9.10. The van der Waals surface area contributed by atoms with E-state index in [-0.39, 0.29) is 11.9 Å². The standard InChI is InChI=1S/C12H11BrN2O2/c1-8(10-3-2-6-17-10)15-12(16)9-4-5-11(13)14-7-9/h2-8H,1H3,(H,15,16). The molecule has 0 aliphatic heterocycles. The van der Waals surface area contributed by atoms with Crippen molar-refractivity contribution in [3.05, 3.63) is 52.7 Å². The van der Waals surface area contributed by atoms with Crippen molar-refractivity contribution in [1.29, 1.82) is 0 Å². The first kappa shape index (κ1) is 11.9. The first-order chi connectivity index (χ1) is 8.16. The number of carbonyl (C=O) groups excluding carboxylic acids is 1. The van der Waals surface area contributed by atoms with E-state index >= 15 is 0 Å². The predicted molar refractivity (Wildman–Crippen MR) is 66.5 cm³/mol. The number of rotatable bonds is 3. The summed E-state index contributed by atoms with van der Waals surface area (Å²) >= 11 is 3.22. The molecule has 0 bridgehead atoms. The van der Waals surface area contributed by atoms with Crippen molar-refractivity contribution in [2.45, 2.75) is 13.0 Å². The fourth-order valence-electron chi connectivity index (χ4n) is 1.40. The molecule has 0 aliphatic rings. The fraction of sp³-hybridized carbons (Fsp3) is 0.167. The average Bonchev–Trinajstić information content (AvgIpc) is 2.83. The summed E-state index contributed by atoms with van der Waals surface area (Å²) in [6.45, 7) is 1.86. The third-order valence-electron chi connectivity index (χ3n) is 2.31. The highest BCUT2D eigenvalue weighted by atomic mass is 79.9. The minimum atomic E-state index is -0.172. The molecule has 2 aromatic rings. The lowest BCUT2D eigenvalue weighted by molar-refractivity contribution is 0.0935. The number of halogens is 1. The normalized spacial score (nSPS) is 12.1. The quantitative estimate of drug-likeness (QED) is 0.886. The van der Waals surface area contributed by atoms with Crippen LogP contribution in [0.2, 0.25) is 0 Å².